The highest BCUT2D eigenvalue weighted by atomic mass is 16.5. The number of nitrogens with zero attached hydrogens (tertiary/aromatic N) is 2. The first kappa shape index (κ1) is 97.9. The highest BCUT2D eigenvalue weighted by molar-refractivity contribution is 6.48. The average Bonchev–Trinajstić information content (AvgIpc) is 1.55. The molecule has 0 saturated carbocycles. The molecule has 660 valence electrons. The largest absolute Gasteiger partial charge is 0.422 e. The van der Waals surface area contributed by atoms with Crippen molar-refractivity contribution in [1.82, 2.24) is 0 Å². The second kappa shape index (κ2) is 59.3. The topological polar surface area (TPSA) is 93.2 Å². The number of carbonyl (C=O) groups excluding carboxylic acids is 4. The number of anilines is 2. The van der Waals surface area contributed by atoms with Gasteiger partial charge in [-0.15, -0.1) is 0 Å². The van der Waals surface area contributed by atoms with Crippen LogP contribution in [-0.2, 0) is 19.2 Å². The van der Waals surface area contributed by atoms with Gasteiger partial charge >= 0.3 is 11.9 Å². The van der Waals surface area contributed by atoms with Crippen LogP contribution in [0.1, 0.15) is 513 Å². The Morgan fingerprint density at radius 1 is 0.271 bits per heavy atom. The van der Waals surface area contributed by atoms with Crippen LogP contribution in [-0.4, -0.2) is 36.8 Å². The summed E-state index contributed by atoms with van der Waals surface area (Å²) >= 11 is 0. The molecule has 4 aliphatic heterocycles. The van der Waals surface area contributed by atoms with E-state index in [1.807, 2.05) is 29.2 Å². The van der Waals surface area contributed by atoms with Gasteiger partial charge in [0.2, 0.25) is 0 Å². The summed E-state index contributed by atoms with van der Waals surface area (Å²) in [5.41, 5.74) is 7.49. The van der Waals surface area contributed by atoms with E-state index in [4.69, 9.17) is 9.47 Å². The number of fused-ring (bicyclic) bond motifs is 10. The van der Waals surface area contributed by atoms with Crippen LogP contribution in [0.5, 0.6) is 11.5 Å². The summed E-state index contributed by atoms with van der Waals surface area (Å²) < 4.78 is 12.1. The van der Waals surface area contributed by atoms with E-state index in [0.717, 1.165) is 70.1 Å². The zero-order valence-electron chi connectivity index (χ0n) is 77.2. The van der Waals surface area contributed by atoms with Crippen molar-refractivity contribution in [2.45, 2.75) is 491 Å². The highest BCUT2D eigenvalue weighted by Gasteiger charge is 2.44. The minimum Gasteiger partial charge on any atom is -0.422 e. The lowest BCUT2D eigenvalue weighted by atomic mass is 9.90. The Kier molecular flexibility index (Phi) is 49.2. The molecule has 0 radical (unpaired) electrons. The lowest BCUT2D eigenvalue weighted by Gasteiger charge is -2.25. The van der Waals surface area contributed by atoms with Gasteiger partial charge in [-0.25, -0.2) is 9.59 Å². The van der Waals surface area contributed by atoms with E-state index >= 15 is 9.59 Å². The minimum absolute atomic E-state index is 0.0931. The highest BCUT2D eigenvalue weighted by Crippen LogP contribution is 2.54. The number of amides is 2. The van der Waals surface area contributed by atoms with Crippen molar-refractivity contribution in [2.75, 3.05) is 22.9 Å². The first-order valence-corrected chi connectivity index (χ1v) is 51.4. The van der Waals surface area contributed by atoms with Crippen molar-refractivity contribution < 1.29 is 28.7 Å². The standard InChI is InChI=1S/C110H174N2O6/c1-8-12-16-20-24-28-32-36-40-44-48-52-56-60-64-68-72-90(73-69-65-61-57-53-49-45-41-37-33-29-25-21-17-13-9-2)84-86-111-103-93-78-82-98-101(102-99-83-80-95-96(106(99)118-110(102)116)79-76-92-89(7)109(115)117-105(92)95)108(114)112(104(98)94(93)77-81-97(103)100(88(5)6)107(111)113)87-85-91(74-70-66-62-58-54-50-46-42-38-34-30-26-22-18-14-10-3)75-71-67-63-59-55-51-47-43-39-35-31-27-23-19-15-11-4/h76-83,90-91H,7-75,84-87H2,1-6H3. The van der Waals surface area contributed by atoms with Crippen molar-refractivity contribution in [2.24, 2.45) is 11.8 Å². The van der Waals surface area contributed by atoms with E-state index in [2.05, 4.69) is 77.3 Å². The summed E-state index contributed by atoms with van der Waals surface area (Å²) in [7, 11) is 0. The van der Waals surface area contributed by atoms with Crippen LogP contribution in [0.2, 0.25) is 0 Å². The fourth-order valence-corrected chi connectivity index (χ4v) is 20.4. The van der Waals surface area contributed by atoms with Crippen LogP contribution in [0.3, 0.4) is 0 Å². The van der Waals surface area contributed by atoms with E-state index < -0.39 is 11.9 Å². The molecule has 0 unspecified atom stereocenters. The Morgan fingerprint density at radius 3 is 0.831 bits per heavy atom. The number of unbranched alkanes of at least 4 members (excludes halogenated alkanes) is 60. The van der Waals surface area contributed by atoms with Gasteiger partial charge in [-0.3, -0.25) is 9.59 Å². The quantitative estimate of drug-likeness (QED) is 0.0189. The normalized spacial score (nSPS) is 14.5. The Morgan fingerprint density at radius 2 is 0.517 bits per heavy atom. The molecule has 4 aromatic carbocycles. The van der Waals surface area contributed by atoms with E-state index in [1.54, 1.807) is 0 Å². The number of allylic oxidation sites excluding steroid dienone is 1. The molecular formula is C110H174N2O6. The van der Waals surface area contributed by atoms with Crippen molar-refractivity contribution in [3.05, 3.63) is 82.9 Å². The molecule has 4 aromatic rings. The van der Waals surface area contributed by atoms with Crippen LogP contribution in [0, 0.1) is 11.8 Å². The van der Waals surface area contributed by atoms with E-state index in [1.165, 1.54) is 424 Å². The first-order valence-electron chi connectivity index (χ1n) is 51.4. The predicted octanol–water partition coefficient (Wildman–Crippen LogP) is 34.9. The van der Waals surface area contributed by atoms with Gasteiger partial charge in [0, 0.05) is 62.5 Å². The van der Waals surface area contributed by atoms with Crippen LogP contribution < -0.4 is 19.3 Å². The van der Waals surface area contributed by atoms with Crippen LogP contribution in [0.15, 0.2) is 60.7 Å². The smallest absolute Gasteiger partial charge is 0.345 e. The molecular weight excluding hydrogens is 1450 g/mol. The van der Waals surface area contributed by atoms with Crippen molar-refractivity contribution in [1.29, 1.82) is 0 Å². The Labute approximate surface area is 723 Å². The molecule has 0 fully saturated rings. The molecule has 0 N–H and O–H groups in total. The van der Waals surface area contributed by atoms with Gasteiger partial charge in [0.15, 0.2) is 0 Å². The molecule has 2 amide bonds. The van der Waals surface area contributed by atoms with E-state index in [9.17, 15) is 9.59 Å². The Bertz CT molecular complexity index is 3530. The van der Waals surface area contributed by atoms with Gasteiger partial charge in [-0.2, -0.15) is 0 Å². The minimum atomic E-state index is -0.557. The fourth-order valence-electron chi connectivity index (χ4n) is 20.4. The Hall–Kier alpha value is -5.50. The number of rotatable bonds is 74. The van der Waals surface area contributed by atoms with Gasteiger partial charge in [0.05, 0.1) is 28.1 Å². The second-order valence-corrected chi connectivity index (χ2v) is 38.0. The maximum Gasteiger partial charge on any atom is 0.345 e. The molecule has 0 bridgehead atoms. The number of esters is 2. The lowest BCUT2D eigenvalue weighted by molar-refractivity contribution is -0.127. The summed E-state index contributed by atoms with van der Waals surface area (Å²) in [5, 5.41) is 3.23. The molecule has 0 aliphatic carbocycles. The lowest BCUT2D eigenvalue weighted by Crippen LogP contribution is -2.30. The third kappa shape index (κ3) is 33.0. The maximum atomic E-state index is 16.2. The van der Waals surface area contributed by atoms with Crippen molar-refractivity contribution in [3.63, 3.8) is 0 Å². The molecule has 8 heteroatoms. The summed E-state index contributed by atoms with van der Waals surface area (Å²) in [5.74, 6) is 0.667. The number of hydrogen-bond donors (Lipinski definition) is 0. The molecule has 8 nitrogen and oxygen atoms in total. The van der Waals surface area contributed by atoms with Crippen molar-refractivity contribution >= 4 is 79.0 Å². The number of ether oxygens (including phenoxy) is 2. The molecule has 4 aliphatic rings. The van der Waals surface area contributed by atoms with Crippen LogP contribution in [0.25, 0.3) is 43.8 Å². The van der Waals surface area contributed by atoms with Crippen LogP contribution >= 0.6 is 0 Å². The molecule has 118 heavy (non-hydrogen) atoms. The summed E-state index contributed by atoms with van der Waals surface area (Å²) in [6.45, 7) is 18.6. The van der Waals surface area contributed by atoms with Gasteiger partial charge in [-0.05, 0) is 62.8 Å². The molecule has 0 atom stereocenters. The predicted molar refractivity (Wildman–Crippen MR) is 511 cm³/mol. The Balaban J connectivity index is 0.992. The van der Waals surface area contributed by atoms with Crippen molar-refractivity contribution in [3.8, 4) is 11.5 Å². The van der Waals surface area contributed by atoms with Gasteiger partial charge < -0.3 is 19.3 Å². The monoisotopic (exact) mass is 1620 g/mol. The fraction of sp³-hybridized carbons (Fsp3) is 0.727. The van der Waals surface area contributed by atoms with E-state index in [0.29, 0.717) is 69.5 Å². The molecule has 0 saturated heterocycles. The number of benzene rings is 4. The van der Waals surface area contributed by atoms with Gasteiger partial charge in [0.1, 0.15) is 11.5 Å². The molecule has 0 aromatic heterocycles. The second-order valence-electron chi connectivity index (χ2n) is 38.0. The number of carbonyl (C=O) groups is 4. The zero-order valence-corrected chi connectivity index (χ0v) is 77.2. The first-order chi connectivity index (χ1) is 58.0. The third-order valence-electron chi connectivity index (χ3n) is 27.8. The number of hydrogen-bond acceptors (Lipinski definition) is 6. The summed E-state index contributed by atoms with van der Waals surface area (Å²) in [6.07, 6.45) is 93.9. The molecule has 8 rings (SSSR count). The zero-order chi connectivity index (χ0) is 83.4. The average molecular weight is 1620 g/mol. The molecule has 4 heterocycles. The SMILES string of the molecule is C=C1C(=O)Oc2c1ccc1c3c(ccc21)C(=C1C(=O)N(CCC(CCCCCCCCCCCCCCCCCC)CCCCCCCCCCCCCCCCCC)c2c1ccc1c4c(ccc21)C(=C(C)C)C(=O)N4CCC(CCCCCCCCCCCCCCCCCC)CCCCCCCCCCCCCCCCCC)C(=O)O3. The molecule has 0 spiro atoms. The van der Waals surface area contributed by atoms with Crippen LogP contribution in [0.4, 0.5) is 11.4 Å². The maximum absolute atomic E-state index is 16.2. The van der Waals surface area contributed by atoms with Gasteiger partial charge in [-0.1, -0.05) is 501 Å². The van der Waals surface area contributed by atoms with Gasteiger partial charge in [0.25, 0.3) is 11.8 Å². The summed E-state index contributed by atoms with van der Waals surface area (Å²) in [6, 6.07) is 16.1. The summed E-state index contributed by atoms with van der Waals surface area (Å²) in [4.78, 5) is 63.6. The third-order valence-corrected chi connectivity index (χ3v) is 27.8. The van der Waals surface area contributed by atoms with E-state index in [-0.39, 0.29) is 17.4 Å².